The molecule has 2 N–H and O–H groups in total. The summed E-state index contributed by atoms with van der Waals surface area (Å²) in [5, 5.41) is 6.10. The van der Waals surface area contributed by atoms with Gasteiger partial charge < -0.3 is 24.8 Å². The van der Waals surface area contributed by atoms with Crippen LogP contribution in [0.3, 0.4) is 0 Å². The fourth-order valence-corrected chi connectivity index (χ4v) is 2.88. The van der Waals surface area contributed by atoms with E-state index in [-0.39, 0.29) is 12.5 Å². The third-order valence-corrected chi connectivity index (χ3v) is 4.60. The third kappa shape index (κ3) is 6.53. The predicted molar refractivity (Wildman–Crippen MR) is 110 cm³/mol. The molecule has 27 heavy (non-hydrogen) atoms. The van der Waals surface area contributed by atoms with E-state index in [0.717, 1.165) is 21.3 Å². The molecule has 2 aromatic carbocycles. The lowest BCUT2D eigenvalue weighted by Gasteiger charge is -2.17. The lowest BCUT2D eigenvalue weighted by molar-refractivity contribution is -0.118. The second-order valence-corrected chi connectivity index (χ2v) is 6.78. The maximum Gasteiger partial charge on any atom is 0.262 e. The van der Waals surface area contributed by atoms with Gasteiger partial charge in [-0.2, -0.15) is 0 Å². The average molecular weight is 437 g/mol. The molecule has 1 amide bonds. The first-order chi connectivity index (χ1) is 13.0. The van der Waals surface area contributed by atoms with E-state index in [4.69, 9.17) is 14.2 Å². The van der Waals surface area contributed by atoms with Crippen LogP contribution < -0.4 is 20.1 Å². The van der Waals surface area contributed by atoms with Gasteiger partial charge in [0.1, 0.15) is 0 Å². The summed E-state index contributed by atoms with van der Waals surface area (Å²) in [7, 11) is 3.23. The van der Waals surface area contributed by atoms with Crippen LogP contribution in [0.25, 0.3) is 0 Å². The third-order valence-electron chi connectivity index (χ3n) is 3.85. The normalized spacial score (nSPS) is 10.5. The van der Waals surface area contributed by atoms with Crippen molar-refractivity contribution in [2.24, 2.45) is 0 Å². The molecule has 146 valence electrons. The van der Waals surface area contributed by atoms with Crippen molar-refractivity contribution < 1.29 is 19.0 Å². The largest absolute Gasteiger partial charge is 0.493 e. The zero-order chi connectivity index (χ0) is 19.6. The number of hydrogen-bond acceptors (Lipinski definition) is 5. The number of anilines is 1. The Kier molecular flexibility index (Phi) is 8.57. The molecule has 0 saturated heterocycles. The number of aryl methyl sites for hydroxylation is 1. The number of carbonyl (C=O) groups is 1. The maximum absolute atomic E-state index is 12.2. The van der Waals surface area contributed by atoms with Crippen LogP contribution in [0.1, 0.15) is 11.1 Å². The molecule has 0 unspecified atom stereocenters. The summed E-state index contributed by atoms with van der Waals surface area (Å²) in [6.07, 6.45) is 0. The zero-order valence-corrected chi connectivity index (χ0v) is 17.4. The van der Waals surface area contributed by atoms with Gasteiger partial charge in [-0.1, -0.05) is 33.6 Å². The van der Waals surface area contributed by atoms with Crippen LogP contribution in [0.2, 0.25) is 0 Å². The molecule has 0 spiro atoms. The van der Waals surface area contributed by atoms with E-state index in [9.17, 15) is 4.79 Å². The first kappa shape index (κ1) is 21.2. The van der Waals surface area contributed by atoms with E-state index < -0.39 is 0 Å². The Hall–Kier alpha value is -2.09. The number of methoxy groups -OCH3 is 2. The van der Waals surface area contributed by atoms with Crippen molar-refractivity contribution in [3.05, 3.63) is 52.0 Å². The molecule has 2 rings (SSSR count). The molecule has 0 heterocycles. The minimum absolute atomic E-state index is 0.119. The van der Waals surface area contributed by atoms with Crippen LogP contribution in [0.5, 0.6) is 11.5 Å². The molecule has 0 saturated carbocycles. The first-order valence-electron chi connectivity index (χ1n) is 8.59. The Morgan fingerprint density at radius 1 is 1.11 bits per heavy atom. The summed E-state index contributed by atoms with van der Waals surface area (Å²) in [6, 6.07) is 11.3. The number of benzene rings is 2. The van der Waals surface area contributed by atoms with Crippen LogP contribution in [0.15, 0.2) is 40.9 Å². The van der Waals surface area contributed by atoms with Crippen LogP contribution >= 0.6 is 15.9 Å². The van der Waals surface area contributed by atoms with Crippen LogP contribution in [0.4, 0.5) is 5.69 Å². The SMILES string of the molecule is COCCNCc1c(Br)ccc(OC)c1OCC(=O)Nc1ccc(C)cc1. The van der Waals surface area contributed by atoms with Crippen LogP contribution in [-0.4, -0.2) is 39.9 Å². The molecule has 0 aliphatic heterocycles. The summed E-state index contributed by atoms with van der Waals surface area (Å²) >= 11 is 3.54. The lowest BCUT2D eigenvalue weighted by Crippen LogP contribution is -2.22. The van der Waals surface area contributed by atoms with Gasteiger partial charge in [0.15, 0.2) is 18.1 Å². The van der Waals surface area contributed by atoms with E-state index in [0.29, 0.717) is 31.2 Å². The van der Waals surface area contributed by atoms with Gasteiger partial charge in [0.25, 0.3) is 5.91 Å². The molecule has 7 heteroatoms. The molecule has 0 atom stereocenters. The number of hydrogen-bond donors (Lipinski definition) is 2. The minimum Gasteiger partial charge on any atom is -0.493 e. The number of nitrogens with one attached hydrogen (secondary N) is 2. The molecule has 0 radical (unpaired) electrons. The highest BCUT2D eigenvalue weighted by Crippen LogP contribution is 2.36. The molecule has 0 aliphatic rings. The fraction of sp³-hybridized carbons (Fsp3) is 0.350. The Bertz CT molecular complexity index is 750. The minimum atomic E-state index is -0.237. The van der Waals surface area contributed by atoms with E-state index in [1.807, 2.05) is 37.3 Å². The monoisotopic (exact) mass is 436 g/mol. The van der Waals surface area contributed by atoms with Gasteiger partial charge in [0.05, 0.1) is 13.7 Å². The van der Waals surface area contributed by atoms with Crippen molar-refractivity contribution in [2.45, 2.75) is 13.5 Å². The molecule has 0 aromatic heterocycles. The highest BCUT2D eigenvalue weighted by atomic mass is 79.9. The topological polar surface area (TPSA) is 68.8 Å². The van der Waals surface area contributed by atoms with E-state index in [1.165, 1.54) is 0 Å². The van der Waals surface area contributed by atoms with Gasteiger partial charge in [0, 0.05) is 35.9 Å². The first-order valence-corrected chi connectivity index (χ1v) is 9.38. The summed E-state index contributed by atoms with van der Waals surface area (Å²) in [6.45, 7) is 3.74. The standard InChI is InChI=1S/C20H25BrN2O4/c1-14-4-6-15(7-5-14)23-19(24)13-27-20-16(12-22-10-11-25-2)17(21)8-9-18(20)26-3/h4-9,22H,10-13H2,1-3H3,(H,23,24). The second kappa shape index (κ2) is 10.9. The predicted octanol–water partition coefficient (Wildman–Crippen LogP) is 3.52. The molecule has 0 bridgehead atoms. The quantitative estimate of drug-likeness (QED) is 0.557. The molecule has 6 nitrogen and oxygen atoms in total. The Balaban J connectivity index is 2.05. The van der Waals surface area contributed by atoms with Gasteiger partial charge >= 0.3 is 0 Å². The molecule has 0 aliphatic carbocycles. The van der Waals surface area contributed by atoms with Crippen LogP contribution in [-0.2, 0) is 16.1 Å². The second-order valence-electron chi connectivity index (χ2n) is 5.93. The Morgan fingerprint density at radius 3 is 2.52 bits per heavy atom. The lowest BCUT2D eigenvalue weighted by atomic mass is 10.2. The van der Waals surface area contributed by atoms with E-state index in [1.54, 1.807) is 20.3 Å². The number of amides is 1. The van der Waals surface area contributed by atoms with Crippen molar-refractivity contribution >= 4 is 27.5 Å². The summed E-state index contributed by atoms with van der Waals surface area (Å²) < 4.78 is 17.1. The van der Waals surface area contributed by atoms with Crippen molar-refractivity contribution in [3.63, 3.8) is 0 Å². The van der Waals surface area contributed by atoms with E-state index >= 15 is 0 Å². The summed E-state index contributed by atoms with van der Waals surface area (Å²) in [5.41, 5.74) is 2.75. The number of halogens is 1. The summed E-state index contributed by atoms with van der Waals surface area (Å²) in [4.78, 5) is 12.2. The summed E-state index contributed by atoms with van der Waals surface area (Å²) in [5.74, 6) is 0.875. The maximum atomic E-state index is 12.2. The van der Waals surface area contributed by atoms with Crippen molar-refractivity contribution in [3.8, 4) is 11.5 Å². The van der Waals surface area contributed by atoms with E-state index in [2.05, 4.69) is 26.6 Å². The Morgan fingerprint density at radius 2 is 1.85 bits per heavy atom. The Labute approximate surface area is 168 Å². The van der Waals surface area contributed by atoms with Gasteiger partial charge in [-0.05, 0) is 31.2 Å². The molecule has 2 aromatic rings. The number of ether oxygens (including phenoxy) is 3. The van der Waals surface area contributed by atoms with Gasteiger partial charge in [-0.15, -0.1) is 0 Å². The molecule has 0 fully saturated rings. The van der Waals surface area contributed by atoms with Gasteiger partial charge in [-0.25, -0.2) is 0 Å². The van der Waals surface area contributed by atoms with Gasteiger partial charge in [-0.3, -0.25) is 4.79 Å². The van der Waals surface area contributed by atoms with Crippen molar-refractivity contribution in [2.75, 3.05) is 39.3 Å². The number of rotatable bonds is 10. The van der Waals surface area contributed by atoms with Gasteiger partial charge in [0.2, 0.25) is 0 Å². The smallest absolute Gasteiger partial charge is 0.262 e. The highest BCUT2D eigenvalue weighted by molar-refractivity contribution is 9.10. The van der Waals surface area contributed by atoms with Crippen LogP contribution in [0, 0.1) is 6.92 Å². The highest BCUT2D eigenvalue weighted by Gasteiger charge is 2.16. The fourth-order valence-electron chi connectivity index (χ4n) is 2.43. The average Bonchev–Trinajstić information content (AvgIpc) is 2.66. The number of carbonyl (C=O) groups excluding carboxylic acids is 1. The van der Waals surface area contributed by atoms with Crippen molar-refractivity contribution in [1.82, 2.24) is 5.32 Å². The molecular weight excluding hydrogens is 412 g/mol. The molecular formula is C20H25BrN2O4. The van der Waals surface area contributed by atoms with Crippen molar-refractivity contribution in [1.29, 1.82) is 0 Å². The zero-order valence-electron chi connectivity index (χ0n) is 15.8.